The van der Waals surface area contributed by atoms with E-state index in [9.17, 15) is 28.0 Å². The van der Waals surface area contributed by atoms with Crippen molar-refractivity contribution in [2.75, 3.05) is 19.8 Å². The smallest absolute Gasteiger partial charge is 0.254 e. The average molecular weight is 681 g/mol. The zero-order valence-corrected chi connectivity index (χ0v) is 28.0. The summed E-state index contributed by atoms with van der Waals surface area (Å²) in [5, 5.41) is 0. The molecule has 0 radical (unpaired) electrons. The lowest BCUT2D eigenvalue weighted by atomic mass is 9.84. The Kier molecular flexibility index (Phi) is 12.3. The summed E-state index contributed by atoms with van der Waals surface area (Å²) < 4.78 is 44.7. The van der Waals surface area contributed by atoms with Crippen LogP contribution in [0.25, 0.3) is 11.3 Å². The zero-order valence-electron chi connectivity index (χ0n) is 28.0. The lowest BCUT2D eigenvalue weighted by Crippen LogP contribution is -2.47. The summed E-state index contributed by atoms with van der Waals surface area (Å²) in [5.41, 5.74) is 11.9. The summed E-state index contributed by atoms with van der Waals surface area (Å²) in [7, 11) is 0. The first-order valence-electron chi connectivity index (χ1n) is 16.2. The summed E-state index contributed by atoms with van der Waals surface area (Å²) in [6.07, 6.45) is 3.28. The summed E-state index contributed by atoms with van der Waals surface area (Å²) in [6.45, 7) is 5.15. The molecule has 4 N–H and O–H groups in total. The van der Waals surface area contributed by atoms with Crippen LogP contribution in [0.5, 0.6) is 0 Å². The highest BCUT2D eigenvalue weighted by atomic mass is 19.1. The van der Waals surface area contributed by atoms with Crippen LogP contribution in [0.2, 0.25) is 0 Å². The third-order valence-corrected chi connectivity index (χ3v) is 8.40. The van der Waals surface area contributed by atoms with Crippen LogP contribution in [0.3, 0.4) is 0 Å². The molecule has 3 aromatic rings. The number of ketones is 1. The Balaban J connectivity index is 1.75. The summed E-state index contributed by atoms with van der Waals surface area (Å²) in [5.74, 6) is -3.21. The molecule has 2 aromatic carbocycles. The Morgan fingerprint density at radius 1 is 0.980 bits per heavy atom. The van der Waals surface area contributed by atoms with Gasteiger partial charge >= 0.3 is 0 Å². The quantitative estimate of drug-likeness (QED) is 0.213. The van der Waals surface area contributed by atoms with Gasteiger partial charge in [0.2, 0.25) is 5.91 Å². The third kappa shape index (κ3) is 9.09. The van der Waals surface area contributed by atoms with Crippen LogP contribution < -0.4 is 11.5 Å². The van der Waals surface area contributed by atoms with E-state index < -0.39 is 65.4 Å². The van der Waals surface area contributed by atoms with Crippen molar-refractivity contribution in [1.82, 2.24) is 19.4 Å². The number of alkyl halides is 1. The number of Topliss-reactive ketones (excluding diaryl/α,β-unsaturated/α-hetero) is 1. The molecule has 0 aliphatic carbocycles. The molecule has 4 rings (SSSR count). The number of imidazole rings is 1. The molecule has 0 bridgehead atoms. The molecule has 3 amide bonds. The molecular weight excluding hydrogens is 637 g/mol. The van der Waals surface area contributed by atoms with Gasteiger partial charge in [0.15, 0.2) is 5.78 Å². The van der Waals surface area contributed by atoms with E-state index in [0.717, 1.165) is 40.8 Å². The van der Waals surface area contributed by atoms with Crippen LogP contribution in [0.15, 0.2) is 66.9 Å². The number of amides is 3. The van der Waals surface area contributed by atoms with Crippen molar-refractivity contribution in [1.29, 1.82) is 0 Å². The van der Waals surface area contributed by atoms with Crippen molar-refractivity contribution in [2.24, 2.45) is 16.9 Å². The topological polar surface area (TPSA) is 145 Å². The minimum absolute atomic E-state index is 0.00114. The van der Waals surface area contributed by atoms with Crippen LogP contribution in [0, 0.1) is 17.0 Å². The number of hydrogen-bond acceptors (Lipinski definition) is 7. The van der Waals surface area contributed by atoms with Gasteiger partial charge in [-0.15, -0.1) is 0 Å². The molecule has 1 aliphatic heterocycles. The number of nitrogens with two attached hydrogens (primary N) is 2. The van der Waals surface area contributed by atoms with Gasteiger partial charge in [0.1, 0.15) is 24.1 Å². The second kappa shape index (κ2) is 16.2. The standard InChI is InChI=1S/C36H43F3N6O4/c1-36(2,3)34(35-42-28(26-19-24(38)9-10-27(26)39)22-43(35)21-23-7-5-4-6-8-23)44(18-16-25(41)20-37)31(47)12-11-30(46)29(15-17-40)45-32(48)13-14-33(45)49/h4-10,13-14,19,22,25,29,34H,11-12,15-18,20-21,40-41H2,1-3H3/t25-,29+,34-/m0/s1. The van der Waals surface area contributed by atoms with E-state index in [4.69, 9.17) is 16.5 Å². The van der Waals surface area contributed by atoms with E-state index in [1.165, 1.54) is 4.90 Å². The van der Waals surface area contributed by atoms with E-state index >= 15 is 4.39 Å². The molecule has 0 saturated carbocycles. The maximum absolute atomic E-state index is 15.0. The van der Waals surface area contributed by atoms with Gasteiger partial charge in [0.05, 0.1) is 17.8 Å². The SMILES string of the molecule is CC(C)(C)[C@H](c1nc(-c2cc(F)ccc2F)cn1Cc1ccccc1)N(CC[C@H](N)CF)C(=O)CCC(=O)[C@@H](CCN)N1C(=O)C=CC1=O. The molecule has 1 aliphatic rings. The van der Waals surface area contributed by atoms with Crippen LogP contribution in [0.4, 0.5) is 13.2 Å². The first-order chi connectivity index (χ1) is 23.2. The van der Waals surface area contributed by atoms with E-state index in [1.807, 2.05) is 51.1 Å². The number of imide groups is 1. The summed E-state index contributed by atoms with van der Waals surface area (Å²) >= 11 is 0. The number of nitrogens with zero attached hydrogens (tertiary/aromatic N) is 4. The molecule has 49 heavy (non-hydrogen) atoms. The monoisotopic (exact) mass is 680 g/mol. The first kappa shape index (κ1) is 37.2. The van der Waals surface area contributed by atoms with Crippen molar-refractivity contribution in [3.05, 3.63) is 89.9 Å². The normalized spacial score (nSPS) is 15.1. The Bertz CT molecular complexity index is 1670. The fraction of sp³-hybridized carbons (Fsp3) is 0.417. The molecule has 3 atom stereocenters. The zero-order chi connectivity index (χ0) is 35.9. The molecular formula is C36H43F3N6O4. The highest BCUT2D eigenvalue weighted by molar-refractivity contribution is 6.15. The van der Waals surface area contributed by atoms with Gasteiger partial charge in [-0.1, -0.05) is 51.1 Å². The predicted molar refractivity (Wildman–Crippen MR) is 178 cm³/mol. The number of carbonyl (C=O) groups is 4. The van der Waals surface area contributed by atoms with Crippen molar-refractivity contribution in [3.8, 4) is 11.3 Å². The second-order valence-electron chi connectivity index (χ2n) is 13.2. The van der Waals surface area contributed by atoms with Crippen LogP contribution in [0.1, 0.15) is 63.9 Å². The van der Waals surface area contributed by atoms with Gasteiger partial charge in [-0.25, -0.2) is 18.2 Å². The third-order valence-electron chi connectivity index (χ3n) is 8.40. The highest BCUT2D eigenvalue weighted by Crippen LogP contribution is 2.40. The molecule has 0 saturated heterocycles. The van der Waals surface area contributed by atoms with Crippen LogP contribution >= 0.6 is 0 Å². The van der Waals surface area contributed by atoms with E-state index in [0.29, 0.717) is 5.82 Å². The average Bonchev–Trinajstić information content (AvgIpc) is 3.62. The van der Waals surface area contributed by atoms with E-state index in [1.54, 1.807) is 10.8 Å². The van der Waals surface area contributed by atoms with Crippen molar-refractivity contribution < 1.29 is 32.3 Å². The fourth-order valence-corrected chi connectivity index (χ4v) is 6.00. The van der Waals surface area contributed by atoms with Gasteiger partial charge in [-0.2, -0.15) is 0 Å². The molecule has 0 spiro atoms. The number of aromatic nitrogens is 2. The number of halogens is 3. The van der Waals surface area contributed by atoms with Crippen molar-refractivity contribution in [3.63, 3.8) is 0 Å². The molecule has 0 fully saturated rings. The fourth-order valence-electron chi connectivity index (χ4n) is 6.00. The van der Waals surface area contributed by atoms with E-state index in [2.05, 4.69) is 0 Å². The molecule has 0 unspecified atom stereocenters. The van der Waals surface area contributed by atoms with Crippen LogP contribution in [-0.2, 0) is 25.7 Å². The van der Waals surface area contributed by atoms with Crippen LogP contribution in [-0.4, -0.2) is 74.7 Å². The van der Waals surface area contributed by atoms with Gasteiger partial charge < -0.3 is 20.9 Å². The van der Waals surface area contributed by atoms with Crippen molar-refractivity contribution in [2.45, 2.75) is 71.1 Å². The lowest BCUT2D eigenvalue weighted by Gasteiger charge is -2.40. The second-order valence-corrected chi connectivity index (χ2v) is 13.2. The Hall–Kier alpha value is -4.62. The number of benzene rings is 2. The molecule has 13 heteroatoms. The Labute approximate surface area is 283 Å². The molecule has 262 valence electrons. The number of carbonyl (C=O) groups excluding carboxylic acids is 4. The first-order valence-corrected chi connectivity index (χ1v) is 16.2. The number of hydrogen-bond donors (Lipinski definition) is 2. The largest absolute Gasteiger partial charge is 0.332 e. The Morgan fingerprint density at radius 2 is 1.65 bits per heavy atom. The predicted octanol–water partition coefficient (Wildman–Crippen LogP) is 4.47. The van der Waals surface area contributed by atoms with Gasteiger partial charge in [0, 0.05) is 55.9 Å². The maximum Gasteiger partial charge on any atom is 0.254 e. The van der Waals surface area contributed by atoms with Gasteiger partial charge in [0.25, 0.3) is 11.8 Å². The maximum atomic E-state index is 15.0. The molecule has 1 aromatic heterocycles. The molecule has 2 heterocycles. The summed E-state index contributed by atoms with van der Waals surface area (Å²) in [6, 6.07) is 9.67. The van der Waals surface area contributed by atoms with Gasteiger partial charge in [-0.3, -0.25) is 24.1 Å². The minimum atomic E-state index is -1.13. The van der Waals surface area contributed by atoms with Crippen molar-refractivity contribution >= 4 is 23.5 Å². The lowest BCUT2D eigenvalue weighted by molar-refractivity contribution is -0.145. The minimum Gasteiger partial charge on any atom is -0.332 e. The highest BCUT2D eigenvalue weighted by Gasteiger charge is 2.40. The number of rotatable bonds is 16. The van der Waals surface area contributed by atoms with E-state index in [-0.39, 0.29) is 56.6 Å². The summed E-state index contributed by atoms with van der Waals surface area (Å²) in [4.78, 5) is 59.5. The Morgan fingerprint density at radius 3 is 2.27 bits per heavy atom. The van der Waals surface area contributed by atoms with Gasteiger partial charge in [-0.05, 0) is 48.6 Å². The molecule has 10 nitrogen and oxygen atoms in total.